The molecule has 9 aromatic rings. The van der Waals surface area contributed by atoms with Crippen LogP contribution in [-0.4, -0.2) is 10.4 Å². The maximum Gasteiger partial charge on any atom is 0.160 e. The number of rotatable bonds is 5. The number of hydrogen-bond acceptors (Lipinski definition) is 3. The first kappa shape index (κ1) is 29.3. The van der Waals surface area contributed by atoms with Crippen molar-refractivity contribution >= 4 is 55.4 Å². The second-order valence-corrected chi connectivity index (χ2v) is 13.4. The quantitative estimate of drug-likeness (QED) is 0.200. The number of amidine groups is 1. The molecule has 1 aliphatic rings. The van der Waals surface area contributed by atoms with Crippen LogP contribution in [0.4, 0.5) is 0 Å². The third-order valence-corrected chi connectivity index (χ3v) is 10.3. The van der Waals surface area contributed by atoms with Gasteiger partial charge in [-0.25, -0.2) is 4.99 Å². The van der Waals surface area contributed by atoms with Crippen LogP contribution in [-0.2, 0) is 5.54 Å². The van der Waals surface area contributed by atoms with E-state index in [1.54, 1.807) is 0 Å². The molecule has 0 bridgehead atoms. The van der Waals surface area contributed by atoms with Crippen molar-refractivity contribution in [2.24, 2.45) is 4.99 Å². The number of para-hydroxylation sites is 2. The minimum absolute atomic E-state index is 0.543. The summed E-state index contributed by atoms with van der Waals surface area (Å²) in [6.45, 7) is 2.23. The maximum atomic E-state index is 6.83. The number of fused-ring (bicyclic) bond motifs is 7. The van der Waals surface area contributed by atoms with Crippen molar-refractivity contribution in [2.75, 3.05) is 0 Å². The highest BCUT2D eigenvalue weighted by atomic mass is 16.3. The number of furan rings is 1. The van der Waals surface area contributed by atoms with Crippen molar-refractivity contribution in [1.82, 2.24) is 9.88 Å². The van der Waals surface area contributed by atoms with Crippen molar-refractivity contribution < 1.29 is 4.42 Å². The fourth-order valence-electron chi connectivity index (χ4n) is 7.77. The fraction of sp³-hybridized carbons (Fsp3) is 0.0426. The van der Waals surface area contributed by atoms with Crippen molar-refractivity contribution in [3.8, 4) is 22.3 Å². The average Bonchev–Trinajstić information content (AvgIpc) is 3.75. The topological polar surface area (TPSA) is 42.5 Å². The number of aliphatic imine (C=N–C) groups is 1. The Hall–Kier alpha value is -6.65. The van der Waals surface area contributed by atoms with E-state index in [4.69, 9.17) is 9.41 Å². The van der Waals surface area contributed by atoms with Crippen LogP contribution in [0.15, 0.2) is 185 Å². The molecule has 242 valence electrons. The monoisotopic (exact) mass is 655 g/mol. The highest BCUT2D eigenvalue weighted by Crippen LogP contribution is 2.46. The van der Waals surface area contributed by atoms with Gasteiger partial charge in [-0.3, -0.25) is 4.57 Å². The van der Waals surface area contributed by atoms with E-state index in [-0.39, 0.29) is 0 Å². The van der Waals surface area contributed by atoms with E-state index in [1.807, 2.05) is 12.1 Å². The first-order valence-electron chi connectivity index (χ1n) is 17.4. The van der Waals surface area contributed by atoms with Crippen LogP contribution in [0.2, 0.25) is 0 Å². The molecule has 0 saturated carbocycles. The van der Waals surface area contributed by atoms with E-state index in [0.717, 1.165) is 77.7 Å². The summed E-state index contributed by atoms with van der Waals surface area (Å²) in [6.07, 6.45) is 2.26. The minimum atomic E-state index is -0.543. The highest BCUT2D eigenvalue weighted by Gasteiger charge is 2.32. The molecule has 0 aliphatic carbocycles. The lowest BCUT2D eigenvalue weighted by atomic mass is 9.90. The van der Waals surface area contributed by atoms with E-state index < -0.39 is 5.54 Å². The Morgan fingerprint density at radius 3 is 1.90 bits per heavy atom. The van der Waals surface area contributed by atoms with Crippen LogP contribution in [0, 0.1) is 0 Å². The fourth-order valence-corrected chi connectivity index (χ4v) is 7.77. The largest absolute Gasteiger partial charge is 0.454 e. The van der Waals surface area contributed by atoms with Gasteiger partial charge in [0.25, 0.3) is 0 Å². The Labute approximate surface area is 295 Å². The SMILES string of the molecule is CC1(c2ccccc2)C=C(n2c3ccccc3c3c(-c4ccc(-c5ccccc5)cc4)cc4c5ccccc5oc4c32)N=C(c2ccccc2)N1. The zero-order chi connectivity index (χ0) is 33.9. The lowest BCUT2D eigenvalue weighted by Crippen LogP contribution is -2.45. The molecule has 51 heavy (non-hydrogen) atoms. The second kappa shape index (κ2) is 11.5. The molecule has 0 saturated heterocycles. The number of nitrogens with one attached hydrogen (secondary N) is 1. The minimum Gasteiger partial charge on any atom is -0.454 e. The van der Waals surface area contributed by atoms with Gasteiger partial charge >= 0.3 is 0 Å². The van der Waals surface area contributed by atoms with Gasteiger partial charge in [-0.2, -0.15) is 0 Å². The van der Waals surface area contributed by atoms with Crippen LogP contribution < -0.4 is 5.32 Å². The molecule has 1 atom stereocenters. The van der Waals surface area contributed by atoms with Gasteiger partial charge in [-0.15, -0.1) is 0 Å². The van der Waals surface area contributed by atoms with Gasteiger partial charge in [-0.1, -0.05) is 152 Å². The zero-order valence-corrected chi connectivity index (χ0v) is 28.0. The summed E-state index contributed by atoms with van der Waals surface area (Å²) in [6, 6.07) is 59.8. The number of aromatic nitrogens is 1. The first-order valence-corrected chi connectivity index (χ1v) is 17.4. The zero-order valence-electron chi connectivity index (χ0n) is 28.0. The molecule has 0 spiro atoms. The number of nitrogens with zero attached hydrogens (tertiary/aromatic N) is 2. The smallest absolute Gasteiger partial charge is 0.160 e. The summed E-state index contributed by atoms with van der Waals surface area (Å²) in [5.41, 5.74) is 10.1. The van der Waals surface area contributed by atoms with Crippen molar-refractivity contribution in [1.29, 1.82) is 0 Å². The average molecular weight is 656 g/mol. The molecule has 3 heterocycles. The number of hydrogen-bond donors (Lipinski definition) is 1. The number of benzene rings is 7. The van der Waals surface area contributed by atoms with Gasteiger partial charge in [0, 0.05) is 27.1 Å². The predicted octanol–water partition coefficient (Wildman–Crippen LogP) is 11.8. The van der Waals surface area contributed by atoms with Gasteiger partial charge in [0.1, 0.15) is 17.2 Å². The summed E-state index contributed by atoms with van der Waals surface area (Å²) < 4.78 is 9.15. The van der Waals surface area contributed by atoms with Crippen molar-refractivity contribution in [3.63, 3.8) is 0 Å². The van der Waals surface area contributed by atoms with Crippen molar-refractivity contribution in [3.05, 3.63) is 187 Å². The van der Waals surface area contributed by atoms with Gasteiger partial charge in [0.2, 0.25) is 0 Å². The highest BCUT2D eigenvalue weighted by molar-refractivity contribution is 6.27. The van der Waals surface area contributed by atoms with E-state index in [1.165, 1.54) is 11.1 Å². The van der Waals surface area contributed by atoms with E-state index >= 15 is 0 Å². The Morgan fingerprint density at radius 2 is 1.16 bits per heavy atom. The van der Waals surface area contributed by atoms with Gasteiger partial charge in [-0.05, 0) is 59.0 Å². The summed E-state index contributed by atoms with van der Waals surface area (Å²) in [4.78, 5) is 5.41. The van der Waals surface area contributed by atoms with E-state index in [0.29, 0.717) is 0 Å². The molecule has 7 aromatic carbocycles. The van der Waals surface area contributed by atoms with Crippen LogP contribution >= 0.6 is 0 Å². The van der Waals surface area contributed by atoms with E-state index in [2.05, 4.69) is 181 Å². The normalized spacial score (nSPS) is 16.0. The van der Waals surface area contributed by atoms with E-state index in [9.17, 15) is 0 Å². The first-order chi connectivity index (χ1) is 25.1. The lowest BCUT2D eigenvalue weighted by molar-refractivity contribution is 0.545. The van der Waals surface area contributed by atoms with Crippen LogP contribution in [0.25, 0.3) is 71.8 Å². The molecule has 4 heteroatoms. The molecule has 1 unspecified atom stereocenters. The molecular weight excluding hydrogens is 623 g/mol. The second-order valence-electron chi connectivity index (χ2n) is 13.4. The third-order valence-electron chi connectivity index (χ3n) is 10.3. The van der Waals surface area contributed by atoms with Gasteiger partial charge in [0.05, 0.1) is 16.6 Å². The summed E-state index contributed by atoms with van der Waals surface area (Å²) >= 11 is 0. The maximum absolute atomic E-state index is 6.83. The van der Waals surface area contributed by atoms with Crippen LogP contribution in [0.5, 0.6) is 0 Å². The molecule has 2 aromatic heterocycles. The molecule has 0 amide bonds. The molecular formula is C47H33N3O. The van der Waals surface area contributed by atoms with Gasteiger partial charge in [0.15, 0.2) is 5.58 Å². The summed E-state index contributed by atoms with van der Waals surface area (Å²) in [5.74, 6) is 1.65. The molecule has 0 fully saturated rings. The Balaban J connectivity index is 1.31. The Bertz CT molecular complexity index is 2810. The Morgan fingerprint density at radius 1 is 0.569 bits per heavy atom. The van der Waals surface area contributed by atoms with Crippen LogP contribution in [0.1, 0.15) is 18.1 Å². The van der Waals surface area contributed by atoms with Crippen molar-refractivity contribution in [2.45, 2.75) is 12.5 Å². The molecule has 10 rings (SSSR count). The third kappa shape index (κ3) is 4.72. The van der Waals surface area contributed by atoms with Gasteiger partial charge < -0.3 is 9.73 Å². The summed E-state index contributed by atoms with van der Waals surface area (Å²) in [7, 11) is 0. The lowest BCUT2D eigenvalue weighted by Gasteiger charge is -2.34. The van der Waals surface area contributed by atoms with Crippen LogP contribution in [0.3, 0.4) is 0 Å². The molecule has 1 aliphatic heterocycles. The molecule has 0 radical (unpaired) electrons. The predicted molar refractivity (Wildman–Crippen MR) is 212 cm³/mol. The molecule has 4 nitrogen and oxygen atoms in total. The standard InChI is InChI=1S/C47H33N3O/c1-47(35-19-9-4-10-20-35)30-42(48-46(49-47)34-17-7-3-8-18-34)50-40-23-13-11-22-37(40)43-38(33-27-25-32(26-28-33)31-15-5-2-6-16-31)29-39-36-21-12-14-24-41(36)51-45(39)44(43)50/h2-30H,1H3,(H,48,49). The summed E-state index contributed by atoms with van der Waals surface area (Å²) in [5, 5.41) is 8.26. The molecule has 1 N–H and O–H groups in total. The Kier molecular flexibility index (Phi) is 6.58.